The minimum absolute atomic E-state index is 0.00672. The first kappa shape index (κ1) is 26.8. The van der Waals surface area contributed by atoms with Gasteiger partial charge in [-0.15, -0.1) is 0 Å². The molecule has 7 N–H and O–H groups in total. The fourth-order valence-corrected chi connectivity index (χ4v) is 5.84. The quantitative estimate of drug-likeness (QED) is 0.170. The van der Waals surface area contributed by atoms with E-state index in [2.05, 4.69) is 21.2 Å². The Morgan fingerprint density at radius 3 is 2.46 bits per heavy atom. The van der Waals surface area contributed by atoms with Gasteiger partial charge in [0.05, 0.1) is 22.1 Å². The molecule has 0 saturated carbocycles. The number of halogens is 1. The summed E-state index contributed by atoms with van der Waals surface area (Å²) in [6.45, 7) is 1.79. The van der Waals surface area contributed by atoms with Gasteiger partial charge in [0.2, 0.25) is 11.7 Å². The van der Waals surface area contributed by atoms with Crippen LogP contribution in [0.15, 0.2) is 34.8 Å². The lowest BCUT2D eigenvalue weighted by molar-refractivity contribution is -0.148. The number of aliphatic hydroxyl groups is 3. The maximum atomic E-state index is 13.6. The van der Waals surface area contributed by atoms with Crippen LogP contribution in [0.2, 0.25) is 0 Å². The number of aromatic hydroxyl groups is 1. The lowest BCUT2D eigenvalue weighted by atomic mass is 9.58. The van der Waals surface area contributed by atoms with Gasteiger partial charge in [0.1, 0.15) is 17.1 Å². The number of nitrogens with two attached hydrogens (primary N) is 1. The molecule has 1 aromatic rings. The summed E-state index contributed by atoms with van der Waals surface area (Å²) < 4.78 is 0. The maximum Gasteiger partial charge on any atom is 0.255 e. The number of carbonyl (C=O) groups excluding carboxylic acids is 4. The third kappa shape index (κ3) is 3.85. The molecule has 3 aliphatic carbocycles. The highest BCUT2D eigenvalue weighted by Crippen LogP contribution is 2.52. The number of nitrogens with zero attached hydrogens (tertiary/aromatic N) is 1. The van der Waals surface area contributed by atoms with Gasteiger partial charge in [0.25, 0.3) is 5.91 Å². The lowest BCUT2D eigenvalue weighted by Crippen LogP contribution is -2.63. The first-order chi connectivity index (χ1) is 17.3. The van der Waals surface area contributed by atoms with E-state index < -0.39 is 74.5 Å². The van der Waals surface area contributed by atoms with E-state index in [9.17, 15) is 39.6 Å². The largest absolute Gasteiger partial charge is 0.510 e. The summed E-state index contributed by atoms with van der Waals surface area (Å²) in [4.78, 5) is 52.2. The van der Waals surface area contributed by atoms with E-state index >= 15 is 0 Å². The molecule has 4 rings (SSSR count). The van der Waals surface area contributed by atoms with Gasteiger partial charge in [-0.25, -0.2) is 0 Å². The van der Waals surface area contributed by atoms with E-state index in [1.165, 1.54) is 11.0 Å². The van der Waals surface area contributed by atoms with Crippen LogP contribution in [-0.4, -0.2) is 79.3 Å². The Morgan fingerprint density at radius 1 is 1.24 bits per heavy atom. The van der Waals surface area contributed by atoms with E-state index in [-0.39, 0.29) is 29.7 Å². The van der Waals surface area contributed by atoms with Crippen LogP contribution in [0.3, 0.4) is 0 Å². The summed E-state index contributed by atoms with van der Waals surface area (Å²) in [5.74, 6) is -7.62. The van der Waals surface area contributed by atoms with Gasteiger partial charge in [-0.05, 0) is 50.9 Å². The Balaban J connectivity index is 1.86. The van der Waals surface area contributed by atoms with Gasteiger partial charge >= 0.3 is 0 Å². The Bertz CT molecular complexity index is 1300. The lowest BCUT2D eigenvalue weighted by Gasteiger charge is -2.50. The normalized spacial score (nSPS) is 28.0. The summed E-state index contributed by atoms with van der Waals surface area (Å²) in [5, 5.41) is 47.1. The maximum absolute atomic E-state index is 13.6. The van der Waals surface area contributed by atoms with Crippen molar-refractivity contribution in [3.05, 3.63) is 45.9 Å². The Labute approximate surface area is 220 Å². The van der Waals surface area contributed by atoms with Crippen LogP contribution in [0, 0.1) is 11.8 Å². The number of ketones is 2. The number of likely N-dealkylation sites (N-methyl/N-ethyl adjacent to an activating group) is 1. The molecule has 2 amide bonds. The van der Waals surface area contributed by atoms with Crippen LogP contribution >= 0.6 is 15.9 Å². The molecule has 0 radical (unpaired) electrons. The molecule has 198 valence electrons. The number of allylic oxidation sites excluding steroid dienone is 1. The summed E-state index contributed by atoms with van der Waals surface area (Å²) >= 11 is 3.22. The molecule has 1 aromatic carbocycles. The molecule has 5 atom stereocenters. The van der Waals surface area contributed by atoms with Gasteiger partial charge in [-0.2, -0.15) is 0 Å². The number of amides is 2. The molecule has 3 aliphatic rings. The van der Waals surface area contributed by atoms with Gasteiger partial charge < -0.3 is 31.5 Å². The number of rotatable bonds is 5. The molecule has 0 aliphatic heterocycles. The van der Waals surface area contributed by atoms with Crippen molar-refractivity contribution >= 4 is 45.0 Å². The summed E-state index contributed by atoms with van der Waals surface area (Å²) in [5.41, 5.74) is 1.79. The highest BCUT2D eigenvalue weighted by Gasteiger charge is 2.63. The van der Waals surface area contributed by atoms with Crippen molar-refractivity contribution in [2.45, 2.75) is 42.7 Å². The first-order valence-electron chi connectivity index (χ1n) is 11.7. The zero-order chi connectivity index (χ0) is 27.6. The molecule has 4 unspecified atom stereocenters. The van der Waals surface area contributed by atoms with Crippen molar-refractivity contribution in [2.24, 2.45) is 17.6 Å². The zero-order valence-electron chi connectivity index (χ0n) is 20.4. The molecule has 0 spiro atoms. The van der Waals surface area contributed by atoms with Crippen molar-refractivity contribution in [3.8, 4) is 5.75 Å². The summed E-state index contributed by atoms with van der Waals surface area (Å²) in [7, 11) is 3.13. The second kappa shape index (κ2) is 9.26. The van der Waals surface area contributed by atoms with E-state index in [1.807, 2.05) is 0 Å². The predicted octanol–water partition coefficient (Wildman–Crippen LogP) is 1.23. The van der Waals surface area contributed by atoms with Crippen LogP contribution in [0.25, 0.3) is 0 Å². The van der Waals surface area contributed by atoms with Crippen molar-refractivity contribution in [2.75, 3.05) is 19.4 Å². The smallest absolute Gasteiger partial charge is 0.255 e. The number of Topliss-reactive ketones (excluding diaryl/α,β-unsaturated/α-hetero) is 2. The number of hydrogen-bond acceptors (Lipinski definition) is 9. The van der Waals surface area contributed by atoms with Crippen LogP contribution < -0.4 is 11.1 Å². The number of phenolic OH excluding ortho intramolecular Hbond substituents is 1. The topological polar surface area (TPSA) is 190 Å². The highest BCUT2D eigenvalue weighted by molar-refractivity contribution is 9.10. The third-order valence-electron chi connectivity index (χ3n) is 7.50. The molecular weight excluding hydrogens is 550 g/mol. The average molecular weight is 578 g/mol. The number of carbonyl (C=O) groups is 4. The van der Waals surface area contributed by atoms with Gasteiger partial charge in [0, 0.05) is 11.5 Å². The molecule has 37 heavy (non-hydrogen) atoms. The van der Waals surface area contributed by atoms with Crippen molar-refractivity contribution in [1.29, 1.82) is 0 Å². The average Bonchev–Trinajstić information content (AvgIpc) is 2.82. The number of hydrogen-bond donors (Lipinski definition) is 6. The summed E-state index contributed by atoms with van der Waals surface area (Å²) in [6.07, 6.45) is 0.664. The minimum Gasteiger partial charge on any atom is -0.510 e. The van der Waals surface area contributed by atoms with E-state index in [0.29, 0.717) is 12.0 Å². The number of aliphatic hydroxyl groups excluding tert-OH is 2. The van der Waals surface area contributed by atoms with Crippen molar-refractivity contribution < 1.29 is 39.6 Å². The molecule has 0 heterocycles. The Morgan fingerprint density at radius 2 is 1.89 bits per heavy atom. The van der Waals surface area contributed by atoms with Crippen LogP contribution in [0.5, 0.6) is 5.75 Å². The first-order valence-corrected chi connectivity index (χ1v) is 12.6. The zero-order valence-corrected chi connectivity index (χ0v) is 22.0. The number of fused-ring (bicyclic) bond motifs is 3. The van der Waals surface area contributed by atoms with Crippen LogP contribution in [0.4, 0.5) is 5.69 Å². The molecule has 11 nitrogen and oxygen atoms in total. The standard InChI is InChI=1S/C25H28BrN3O8/c1-4-12(26)24(36)28-13-6-5-9-7-10-8-11-17(29(2)3)20(32)16(23(27)35)22(34)25(11,37)21(33)15(10)19(31)14(9)18(13)30/h5-6,10-12,17,30,32-33,37H,4,7-8H2,1-3H3,(H2,27,35)(H,28,36)/t10?,11?,12?,17-,25?/m0/s1. The minimum atomic E-state index is -2.70. The fraction of sp³-hybridized carbons (Fsp3) is 0.440. The number of phenols is 1. The monoisotopic (exact) mass is 577 g/mol. The van der Waals surface area contributed by atoms with Gasteiger partial charge in [0.15, 0.2) is 17.1 Å². The molecule has 12 heteroatoms. The fourth-order valence-electron chi connectivity index (χ4n) is 5.72. The number of benzene rings is 1. The molecule has 0 fully saturated rings. The van der Waals surface area contributed by atoms with Gasteiger partial charge in [-0.1, -0.05) is 28.9 Å². The van der Waals surface area contributed by atoms with Crippen molar-refractivity contribution in [3.63, 3.8) is 0 Å². The SMILES string of the molecule is CCC(Br)C(=O)Nc1ccc2c(c1O)C(=O)C1=C(O)C3(O)C(=O)C(C(N)=O)=C(O)[C@@H](N(C)C)C3CC1C2. The van der Waals surface area contributed by atoms with E-state index in [4.69, 9.17) is 5.73 Å². The van der Waals surface area contributed by atoms with Crippen LogP contribution in [-0.2, 0) is 20.8 Å². The van der Waals surface area contributed by atoms with Crippen molar-refractivity contribution in [1.82, 2.24) is 4.90 Å². The highest BCUT2D eigenvalue weighted by atomic mass is 79.9. The second-order valence-corrected chi connectivity index (χ2v) is 10.9. The van der Waals surface area contributed by atoms with E-state index in [1.54, 1.807) is 27.1 Å². The molecule has 0 saturated heterocycles. The second-order valence-electron chi connectivity index (χ2n) is 9.82. The number of anilines is 1. The Hall–Kier alpha value is -3.22. The molecule has 0 aromatic heterocycles. The molecule has 0 bridgehead atoms. The Kier molecular flexibility index (Phi) is 6.72. The van der Waals surface area contributed by atoms with E-state index in [0.717, 1.165) is 0 Å². The van der Waals surface area contributed by atoms with Gasteiger partial charge in [-0.3, -0.25) is 24.1 Å². The third-order valence-corrected chi connectivity index (χ3v) is 8.56. The van der Waals surface area contributed by atoms with Crippen LogP contribution in [0.1, 0.15) is 35.7 Å². The number of alkyl halides is 1. The summed E-state index contributed by atoms with van der Waals surface area (Å²) in [6, 6.07) is 2.01. The number of primary amides is 1. The molecular formula is C25H28BrN3O8. The predicted molar refractivity (Wildman–Crippen MR) is 135 cm³/mol. The number of nitrogens with one attached hydrogen (secondary N) is 1.